The molecule has 0 bridgehead atoms. The molecule has 2 rings (SSSR count). The zero-order chi connectivity index (χ0) is 13.3. The Bertz CT molecular complexity index is 598. The summed E-state index contributed by atoms with van der Waals surface area (Å²) in [5.74, 6) is 0. The van der Waals surface area contributed by atoms with E-state index in [-0.39, 0.29) is 11.7 Å². The van der Waals surface area contributed by atoms with Gasteiger partial charge >= 0.3 is 5.69 Å². The molecule has 0 spiro atoms. The average Bonchev–Trinajstić information content (AvgIpc) is 2.63. The Morgan fingerprint density at radius 3 is 2.78 bits per heavy atom. The van der Waals surface area contributed by atoms with Gasteiger partial charge in [-0.25, -0.2) is 4.79 Å². The maximum Gasteiger partial charge on any atom is 0.326 e. The number of nitrogens with zero attached hydrogens (tertiary/aromatic N) is 1. The van der Waals surface area contributed by atoms with Crippen LogP contribution in [0.2, 0.25) is 0 Å². The van der Waals surface area contributed by atoms with Crippen molar-refractivity contribution >= 4 is 11.0 Å². The molecule has 5 nitrogen and oxygen atoms in total. The van der Waals surface area contributed by atoms with Crippen LogP contribution in [0.25, 0.3) is 11.0 Å². The Labute approximate surface area is 105 Å². The van der Waals surface area contributed by atoms with Crippen molar-refractivity contribution in [1.29, 1.82) is 0 Å². The first-order valence-electron chi connectivity index (χ1n) is 6.11. The summed E-state index contributed by atoms with van der Waals surface area (Å²) in [6.07, 6.45) is -0.565. The quantitative estimate of drug-likeness (QED) is 0.761. The third-order valence-electron chi connectivity index (χ3n) is 3.04. The molecule has 18 heavy (non-hydrogen) atoms. The standard InChI is InChI=1S/C13H19N3O2/c1-8(2)16-11-5-4-9(12(17)7-14-3)6-10(11)15-13(16)18/h4-6,8,12,14,17H,7H2,1-3H3,(H,15,18). The van der Waals surface area contributed by atoms with E-state index in [2.05, 4.69) is 10.3 Å². The molecular weight excluding hydrogens is 230 g/mol. The topological polar surface area (TPSA) is 70.1 Å². The lowest BCUT2D eigenvalue weighted by Crippen LogP contribution is -2.18. The van der Waals surface area contributed by atoms with Gasteiger partial charge in [0, 0.05) is 12.6 Å². The first-order chi connectivity index (χ1) is 8.54. The van der Waals surface area contributed by atoms with Crippen molar-refractivity contribution < 1.29 is 5.11 Å². The molecule has 0 amide bonds. The van der Waals surface area contributed by atoms with Crippen molar-refractivity contribution in [3.8, 4) is 0 Å². The number of likely N-dealkylation sites (N-methyl/N-ethyl adjacent to an activating group) is 1. The first kappa shape index (κ1) is 12.9. The van der Waals surface area contributed by atoms with E-state index >= 15 is 0 Å². The molecule has 0 fully saturated rings. The Morgan fingerprint density at radius 1 is 1.44 bits per heavy atom. The first-order valence-corrected chi connectivity index (χ1v) is 6.11. The van der Waals surface area contributed by atoms with E-state index in [9.17, 15) is 9.90 Å². The number of rotatable bonds is 4. The number of hydrogen-bond acceptors (Lipinski definition) is 3. The zero-order valence-electron chi connectivity index (χ0n) is 10.9. The van der Waals surface area contributed by atoms with Gasteiger partial charge in [0.05, 0.1) is 17.1 Å². The van der Waals surface area contributed by atoms with Crippen LogP contribution < -0.4 is 11.0 Å². The van der Waals surface area contributed by atoms with Gasteiger partial charge in [-0.15, -0.1) is 0 Å². The number of aliphatic hydroxyl groups is 1. The highest BCUT2D eigenvalue weighted by molar-refractivity contribution is 5.76. The fraction of sp³-hybridized carbons (Fsp3) is 0.462. The van der Waals surface area contributed by atoms with Crippen LogP contribution in [0.5, 0.6) is 0 Å². The number of H-pyrrole nitrogens is 1. The van der Waals surface area contributed by atoms with Gasteiger partial charge < -0.3 is 15.4 Å². The lowest BCUT2D eigenvalue weighted by molar-refractivity contribution is 0.178. The van der Waals surface area contributed by atoms with E-state index in [1.807, 2.05) is 32.0 Å². The second-order valence-electron chi connectivity index (χ2n) is 4.74. The second kappa shape index (κ2) is 4.96. The van der Waals surface area contributed by atoms with Crippen molar-refractivity contribution in [3.63, 3.8) is 0 Å². The maximum absolute atomic E-state index is 11.8. The predicted octanol–water partition coefficient (Wildman–Crippen LogP) is 1.16. The summed E-state index contributed by atoms with van der Waals surface area (Å²) in [5.41, 5.74) is 2.33. The molecular formula is C13H19N3O2. The minimum atomic E-state index is -0.565. The number of hydrogen-bond donors (Lipinski definition) is 3. The number of aliphatic hydroxyl groups excluding tert-OH is 1. The normalized spacial score (nSPS) is 13.4. The Kier molecular flexibility index (Phi) is 3.54. The van der Waals surface area contributed by atoms with Crippen LogP contribution in [0.15, 0.2) is 23.0 Å². The highest BCUT2D eigenvalue weighted by atomic mass is 16.3. The van der Waals surface area contributed by atoms with E-state index in [4.69, 9.17) is 0 Å². The molecule has 1 atom stereocenters. The van der Waals surface area contributed by atoms with E-state index in [0.717, 1.165) is 16.6 Å². The molecule has 1 heterocycles. The van der Waals surface area contributed by atoms with Crippen LogP contribution in [0.1, 0.15) is 31.6 Å². The van der Waals surface area contributed by atoms with Gasteiger partial charge in [-0.1, -0.05) is 6.07 Å². The highest BCUT2D eigenvalue weighted by Crippen LogP contribution is 2.20. The molecule has 0 aliphatic carbocycles. The van der Waals surface area contributed by atoms with Crippen LogP contribution >= 0.6 is 0 Å². The van der Waals surface area contributed by atoms with Gasteiger partial charge in [-0.05, 0) is 38.6 Å². The zero-order valence-corrected chi connectivity index (χ0v) is 10.9. The van der Waals surface area contributed by atoms with Gasteiger partial charge in [-0.2, -0.15) is 0 Å². The highest BCUT2D eigenvalue weighted by Gasteiger charge is 2.12. The summed E-state index contributed by atoms with van der Waals surface area (Å²) in [6.45, 7) is 4.43. The maximum atomic E-state index is 11.8. The second-order valence-corrected chi connectivity index (χ2v) is 4.74. The van der Waals surface area contributed by atoms with Crippen molar-refractivity contribution in [2.45, 2.75) is 26.0 Å². The number of imidazole rings is 1. The van der Waals surface area contributed by atoms with Gasteiger partial charge in [0.2, 0.25) is 0 Å². The Morgan fingerprint density at radius 2 is 2.17 bits per heavy atom. The largest absolute Gasteiger partial charge is 0.387 e. The molecule has 1 aromatic heterocycles. The Balaban J connectivity index is 2.51. The monoisotopic (exact) mass is 249 g/mol. The SMILES string of the molecule is CNCC(O)c1ccc2c(c1)[nH]c(=O)n2C(C)C. The van der Waals surface area contributed by atoms with Gasteiger partial charge in [0.1, 0.15) is 0 Å². The smallest absolute Gasteiger partial charge is 0.326 e. The lowest BCUT2D eigenvalue weighted by atomic mass is 10.1. The van der Waals surface area contributed by atoms with Crippen molar-refractivity contribution in [2.75, 3.05) is 13.6 Å². The summed E-state index contributed by atoms with van der Waals surface area (Å²) < 4.78 is 1.71. The molecule has 0 saturated carbocycles. The van der Waals surface area contributed by atoms with Gasteiger partial charge in [0.25, 0.3) is 0 Å². The van der Waals surface area contributed by atoms with Crippen LogP contribution in [0.3, 0.4) is 0 Å². The Hall–Kier alpha value is -1.59. The molecule has 0 saturated heterocycles. The molecule has 5 heteroatoms. The minimum Gasteiger partial charge on any atom is -0.387 e. The summed E-state index contributed by atoms with van der Waals surface area (Å²) in [7, 11) is 1.79. The third-order valence-corrected chi connectivity index (χ3v) is 3.04. The van der Waals surface area contributed by atoms with E-state index in [0.29, 0.717) is 6.54 Å². The van der Waals surface area contributed by atoms with E-state index in [1.165, 1.54) is 0 Å². The molecule has 0 aliphatic rings. The van der Waals surface area contributed by atoms with Gasteiger partial charge in [-0.3, -0.25) is 4.57 Å². The van der Waals surface area contributed by atoms with Crippen molar-refractivity contribution in [2.24, 2.45) is 0 Å². The number of nitrogens with one attached hydrogen (secondary N) is 2. The fourth-order valence-electron chi connectivity index (χ4n) is 2.18. The summed E-state index contributed by atoms with van der Waals surface area (Å²) in [6, 6.07) is 5.68. The lowest BCUT2D eigenvalue weighted by Gasteiger charge is -2.11. The van der Waals surface area contributed by atoms with Crippen LogP contribution in [0.4, 0.5) is 0 Å². The van der Waals surface area contributed by atoms with E-state index in [1.54, 1.807) is 11.6 Å². The summed E-state index contributed by atoms with van der Waals surface area (Å²) in [4.78, 5) is 14.6. The minimum absolute atomic E-state index is 0.110. The molecule has 0 aliphatic heterocycles. The molecule has 2 aromatic rings. The molecule has 1 aromatic carbocycles. The fourth-order valence-corrected chi connectivity index (χ4v) is 2.18. The number of aromatic nitrogens is 2. The third kappa shape index (κ3) is 2.19. The predicted molar refractivity (Wildman–Crippen MR) is 71.8 cm³/mol. The summed E-state index contributed by atoms with van der Waals surface area (Å²) in [5, 5.41) is 12.8. The molecule has 1 unspecified atom stereocenters. The van der Waals surface area contributed by atoms with Crippen LogP contribution in [-0.4, -0.2) is 28.3 Å². The number of aromatic amines is 1. The molecule has 3 N–H and O–H groups in total. The molecule has 98 valence electrons. The van der Waals surface area contributed by atoms with Crippen LogP contribution in [-0.2, 0) is 0 Å². The average molecular weight is 249 g/mol. The number of benzene rings is 1. The van der Waals surface area contributed by atoms with E-state index < -0.39 is 6.10 Å². The number of fused-ring (bicyclic) bond motifs is 1. The summed E-state index contributed by atoms with van der Waals surface area (Å²) >= 11 is 0. The van der Waals surface area contributed by atoms with Crippen LogP contribution in [0, 0.1) is 0 Å². The van der Waals surface area contributed by atoms with Gasteiger partial charge in [0.15, 0.2) is 0 Å². The molecule has 0 radical (unpaired) electrons. The van der Waals surface area contributed by atoms with Crippen molar-refractivity contribution in [3.05, 3.63) is 34.2 Å². The van der Waals surface area contributed by atoms with Crippen molar-refractivity contribution in [1.82, 2.24) is 14.9 Å².